The van der Waals surface area contributed by atoms with Gasteiger partial charge >= 0.3 is 0 Å². The third-order valence-electron chi connectivity index (χ3n) is 3.62. The first-order valence-electron chi connectivity index (χ1n) is 7.36. The number of sulfonamides is 1. The fraction of sp³-hybridized carbons (Fsp3) is 0.0625. The van der Waals surface area contributed by atoms with Gasteiger partial charge in [0.15, 0.2) is 5.76 Å². The maximum Gasteiger partial charge on any atom is 0.295 e. The standard InChI is InChI=1S/C16H14N4O5S/c1-10(16-8-11-4-2-3-5-15(11)25-16)18-19-13-7-6-12(26(17,23)24)9-14(13)20(21)22/h2-9,19H,1H3,(H2,17,23,24)/b18-10+. The summed E-state index contributed by atoms with van der Waals surface area (Å²) >= 11 is 0. The fourth-order valence-corrected chi connectivity index (χ4v) is 2.83. The Hall–Kier alpha value is -3.24. The lowest BCUT2D eigenvalue weighted by atomic mass is 10.2. The third-order valence-corrected chi connectivity index (χ3v) is 4.53. The Morgan fingerprint density at radius 2 is 1.96 bits per heavy atom. The molecular formula is C16H14N4O5S. The van der Waals surface area contributed by atoms with E-state index in [4.69, 9.17) is 9.56 Å². The smallest absolute Gasteiger partial charge is 0.295 e. The molecule has 1 heterocycles. The number of hydrazone groups is 1. The molecule has 0 bridgehead atoms. The summed E-state index contributed by atoms with van der Waals surface area (Å²) in [6, 6.07) is 12.5. The minimum atomic E-state index is -4.05. The minimum Gasteiger partial charge on any atom is -0.455 e. The maximum absolute atomic E-state index is 11.4. The number of nitrogens with two attached hydrogens (primary N) is 1. The molecule has 0 unspecified atom stereocenters. The van der Waals surface area contributed by atoms with Crippen molar-refractivity contribution >= 4 is 38.1 Å². The van der Waals surface area contributed by atoms with Crippen LogP contribution < -0.4 is 10.6 Å². The third kappa shape index (κ3) is 3.55. The summed E-state index contributed by atoms with van der Waals surface area (Å²) in [6.07, 6.45) is 0. The zero-order chi connectivity index (χ0) is 18.9. The van der Waals surface area contributed by atoms with Crippen molar-refractivity contribution in [2.24, 2.45) is 10.2 Å². The first-order chi connectivity index (χ1) is 12.3. The van der Waals surface area contributed by atoms with E-state index in [-0.39, 0.29) is 10.6 Å². The largest absolute Gasteiger partial charge is 0.455 e. The number of rotatable bonds is 5. The second-order valence-electron chi connectivity index (χ2n) is 5.44. The van der Waals surface area contributed by atoms with Gasteiger partial charge in [0.2, 0.25) is 10.0 Å². The van der Waals surface area contributed by atoms with Crippen LogP contribution in [-0.4, -0.2) is 19.1 Å². The van der Waals surface area contributed by atoms with Gasteiger partial charge in [0.05, 0.1) is 9.82 Å². The van der Waals surface area contributed by atoms with Crippen LogP contribution in [0.2, 0.25) is 0 Å². The highest BCUT2D eigenvalue weighted by atomic mass is 32.2. The van der Waals surface area contributed by atoms with E-state index >= 15 is 0 Å². The van der Waals surface area contributed by atoms with Gasteiger partial charge in [0.1, 0.15) is 17.0 Å². The highest BCUT2D eigenvalue weighted by Gasteiger charge is 2.19. The Kier molecular flexibility index (Phi) is 4.45. The zero-order valence-electron chi connectivity index (χ0n) is 13.5. The Balaban J connectivity index is 1.92. The topological polar surface area (TPSA) is 141 Å². The number of primary sulfonamides is 1. The second kappa shape index (κ2) is 6.58. The fourth-order valence-electron chi connectivity index (χ4n) is 2.29. The van der Waals surface area contributed by atoms with Gasteiger partial charge < -0.3 is 4.42 Å². The number of anilines is 1. The average molecular weight is 374 g/mol. The number of hydrogen-bond acceptors (Lipinski definition) is 7. The molecule has 3 aromatic rings. The number of furan rings is 1. The molecular weight excluding hydrogens is 360 g/mol. The summed E-state index contributed by atoms with van der Waals surface area (Å²) < 4.78 is 28.4. The van der Waals surface area contributed by atoms with Crippen molar-refractivity contribution < 1.29 is 17.8 Å². The van der Waals surface area contributed by atoms with Crippen LogP contribution in [0.5, 0.6) is 0 Å². The van der Waals surface area contributed by atoms with Crippen LogP contribution >= 0.6 is 0 Å². The summed E-state index contributed by atoms with van der Waals surface area (Å²) in [5, 5.41) is 21.2. The van der Waals surface area contributed by atoms with E-state index in [2.05, 4.69) is 10.5 Å². The van der Waals surface area contributed by atoms with E-state index in [1.165, 1.54) is 6.07 Å². The number of nitro benzene ring substituents is 1. The molecule has 0 aliphatic rings. The summed E-state index contributed by atoms with van der Waals surface area (Å²) in [7, 11) is -4.05. The van der Waals surface area contributed by atoms with Gasteiger partial charge in [-0.2, -0.15) is 5.10 Å². The summed E-state index contributed by atoms with van der Waals surface area (Å²) in [5.41, 5.74) is 3.29. The van der Waals surface area contributed by atoms with Crippen molar-refractivity contribution in [3.63, 3.8) is 0 Å². The molecule has 0 aliphatic heterocycles. The van der Waals surface area contributed by atoms with E-state index < -0.39 is 20.6 Å². The van der Waals surface area contributed by atoms with Gasteiger partial charge in [-0.3, -0.25) is 15.5 Å². The molecule has 1 aromatic heterocycles. The molecule has 9 nitrogen and oxygen atoms in total. The quantitative estimate of drug-likeness (QED) is 0.399. The van der Waals surface area contributed by atoms with Crippen LogP contribution in [0.25, 0.3) is 11.0 Å². The predicted molar refractivity (Wildman–Crippen MR) is 96.5 cm³/mol. The van der Waals surface area contributed by atoms with E-state index in [1.54, 1.807) is 13.0 Å². The van der Waals surface area contributed by atoms with Crippen molar-refractivity contribution in [2.45, 2.75) is 11.8 Å². The highest BCUT2D eigenvalue weighted by Crippen LogP contribution is 2.27. The lowest BCUT2D eigenvalue weighted by Crippen LogP contribution is -2.12. The Morgan fingerprint density at radius 1 is 1.23 bits per heavy atom. The Morgan fingerprint density at radius 3 is 2.62 bits per heavy atom. The van der Waals surface area contributed by atoms with E-state index in [1.807, 2.05) is 24.3 Å². The monoisotopic (exact) mass is 374 g/mol. The van der Waals surface area contributed by atoms with Crippen LogP contribution in [0.15, 0.2) is 62.9 Å². The normalized spacial score (nSPS) is 12.3. The zero-order valence-corrected chi connectivity index (χ0v) is 14.4. The molecule has 3 N–H and O–H groups in total. The van der Waals surface area contributed by atoms with Crippen LogP contribution in [0.4, 0.5) is 11.4 Å². The minimum absolute atomic E-state index is 0.0258. The summed E-state index contributed by atoms with van der Waals surface area (Å²) in [6.45, 7) is 1.68. The summed E-state index contributed by atoms with van der Waals surface area (Å²) in [4.78, 5) is 10.1. The molecule has 0 spiro atoms. The SMILES string of the molecule is C/C(=N\Nc1ccc(S(N)(=O)=O)cc1[N+](=O)[O-])c1cc2ccccc2o1. The molecule has 26 heavy (non-hydrogen) atoms. The molecule has 0 radical (unpaired) electrons. The molecule has 3 rings (SSSR count). The van der Waals surface area contributed by atoms with E-state index in [0.29, 0.717) is 17.1 Å². The molecule has 2 aromatic carbocycles. The van der Waals surface area contributed by atoms with Crippen molar-refractivity contribution in [2.75, 3.05) is 5.43 Å². The number of nitro groups is 1. The molecule has 0 aliphatic carbocycles. The number of benzene rings is 2. The lowest BCUT2D eigenvalue weighted by Gasteiger charge is -2.05. The van der Waals surface area contributed by atoms with Gasteiger partial charge in [-0.05, 0) is 31.2 Å². The molecule has 0 atom stereocenters. The van der Waals surface area contributed by atoms with Gasteiger partial charge in [-0.25, -0.2) is 13.6 Å². The number of nitrogens with one attached hydrogen (secondary N) is 1. The molecule has 0 amide bonds. The number of fused-ring (bicyclic) bond motifs is 1. The second-order valence-corrected chi connectivity index (χ2v) is 7.00. The lowest BCUT2D eigenvalue weighted by molar-refractivity contribution is -0.384. The van der Waals surface area contributed by atoms with E-state index in [9.17, 15) is 18.5 Å². The Bertz CT molecular complexity index is 1100. The van der Waals surface area contributed by atoms with Gasteiger partial charge in [0.25, 0.3) is 5.69 Å². The van der Waals surface area contributed by atoms with Crippen molar-refractivity contribution in [1.29, 1.82) is 0 Å². The van der Waals surface area contributed by atoms with Crippen LogP contribution in [0.3, 0.4) is 0 Å². The van der Waals surface area contributed by atoms with Crippen molar-refractivity contribution in [1.82, 2.24) is 0 Å². The summed E-state index contributed by atoms with van der Waals surface area (Å²) in [5.74, 6) is 0.502. The maximum atomic E-state index is 11.4. The Labute approximate surface area is 148 Å². The van der Waals surface area contributed by atoms with Crippen molar-refractivity contribution in [3.8, 4) is 0 Å². The van der Waals surface area contributed by atoms with Crippen LogP contribution in [0.1, 0.15) is 12.7 Å². The van der Waals surface area contributed by atoms with Gasteiger partial charge in [-0.15, -0.1) is 0 Å². The molecule has 10 heteroatoms. The van der Waals surface area contributed by atoms with Gasteiger partial charge in [0, 0.05) is 11.5 Å². The van der Waals surface area contributed by atoms with E-state index in [0.717, 1.165) is 17.5 Å². The number of hydrogen-bond donors (Lipinski definition) is 2. The molecule has 0 saturated heterocycles. The predicted octanol–water partition coefficient (Wildman–Crippen LogP) is 2.82. The van der Waals surface area contributed by atoms with Crippen LogP contribution in [-0.2, 0) is 10.0 Å². The first kappa shape index (κ1) is 17.6. The van der Waals surface area contributed by atoms with Crippen molar-refractivity contribution in [3.05, 3.63) is 64.4 Å². The number of nitrogens with zero attached hydrogens (tertiary/aromatic N) is 2. The van der Waals surface area contributed by atoms with Gasteiger partial charge in [-0.1, -0.05) is 18.2 Å². The number of para-hydroxylation sites is 1. The first-order valence-corrected chi connectivity index (χ1v) is 8.91. The molecule has 134 valence electrons. The molecule has 0 fully saturated rings. The van der Waals surface area contributed by atoms with Crippen LogP contribution in [0, 0.1) is 10.1 Å². The molecule has 0 saturated carbocycles. The highest BCUT2D eigenvalue weighted by molar-refractivity contribution is 7.89. The average Bonchev–Trinajstić information content (AvgIpc) is 3.02.